The van der Waals surface area contributed by atoms with Crippen molar-refractivity contribution in [3.8, 4) is 11.5 Å². The number of anilines is 2. The van der Waals surface area contributed by atoms with Gasteiger partial charge in [-0.1, -0.05) is 67.9 Å². The average Bonchev–Trinajstić information content (AvgIpc) is 3.20. The zero-order chi connectivity index (χ0) is 25.7. The summed E-state index contributed by atoms with van der Waals surface area (Å²) in [7, 11) is 0. The second-order valence-corrected chi connectivity index (χ2v) is 9.64. The Hall–Kier alpha value is -4.09. The first-order chi connectivity index (χ1) is 18.0. The van der Waals surface area contributed by atoms with E-state index in [4.69, 9.17) is 9.47 Å². The van der Waals surface area contributed by atoms with Crippen molar-refractivity contribution in [2.75, 3.05) is 18.1 Å². The molecule has 0 aliphatic carbocycles. The van der Waals surface area contributed by atoms with E-state index in [1.54, 1.807) is 0 Å². The second kappa shape index (κ2) is 8.79. The number of para-hydroxylation sites is 1. The molecule has 0 aromatic heterocycles. The van der Waals surface area contributed by atoms with Gasteiger partial charge < -0.3 is 9.47 Å². The maximum absolute atomic E-state index is 13.1. The summed E-state index contributed by atoms with van der Waals surface area (Å²) in [6, 6.07) is 28.2. The zero-order valence-corrected chi connectivity index (χ0v) is 21.6. The SMILES string of the molecule is CCN(CC)N(c1ccc2c(c1)Oc1ccccc1C21OC(=O)c2ccccc21)c1ccc(C)cc1C. The number of fused-ring (bicyclic) bond motifs is 6. The smallest absolute Gasteiger partial charge is 0.340 e. The van der Waals surface area contributed by atoms with Gasteiger partial charge in [0.25, 0.3) is 0 Å². The van der Waals surface area contributed by atoms with Crippen LogP contribution in [0.25, 0.3) is 0 Å². The maximum atomic E-state index is 13.1. The molecule has 0 bridgehead atoms. The quantitative estimate of drug-likeness (QED) is 0.217. The maximum Gasteiger partial charge on any atom is 0.340 e. The number of esters is 1. The molecule has 2 aliphatic rings. The lowest BCUT2D eigenvalue weighted by Crippen LogP contribution is -2.40. The molecule has 0 N–H and O–H groups in total. The van der Waals surface area contributed by atoms with Crippen LogP contribution in [0.1, 0.15) is 52.0 Å². The molecule has 0 fully saturated rings. The van der Waals surface area contributed by atoms with Crippen molar-refractivity contribution in [1.29, 1.82) is 0 Å². The average molecular weight is 491 g/mol. The van der Waals surface area contributed by atoms with Crippen LogP contribution in [0.2, 0.25) is 0 Å². The monoisotopic (exact) mass is 490 g/mol. The predicted octanol–water partition coefficient (Wildman–Crippen LogP) is 7.27. The molecule has 5 heteroatoms. The summed E-state index contributed by atoms with van der Waals surface area (Å²) in [5, 5.41) is 4.57. The normalized spacial score (nSPS) is 17.2. The Morgan fingerprint density at radius 2 is 1.46 bits per heavy atom. The molecule has 6 rings (SSSR count). The number of benzene rings is 4. The number of carbonyl (C=O) groups excluding carboxylic acids is 1. The van der Waals surface area contributed by atoms with Crippen LogP contribution < -0.4 is 9.75 Å². The van der Waals surface area contributed by atoms with Gasteiger partial charge in [-0.3, -0.25) is 5.01 Å². The summed E-state index contributed by atoms with van der Waals surface area (Å²) in [6.07, 6.45) is 0. The number of nitrogens with zero attached hydrogens (tertiary/aromatic N) is 2. The zero-order valence-electron chi connectivity index (χ0n) is 21.6. The highest BCUT2D eigenvalue weighted by Gasteiger charge is 2.53. The number of rotatable bonds is 5. The van der Waals surface area contributed by atoms with Gasteiger partial charge in [0.05, 0.1) is 16.9 Å². The Morgan fingerprint density at radius 1 is 0.757 bits per heavy atom. The molecule has 37 heavy (non-hydrogen) atoms. The third kappa shape index (κ3) is 3.45. The molecule has 2 aliphatic heterocycles. The van der Waals surface area contributed by atoms with Gasteiger partial charge in [-0.15, -0.1) is 0 Å². The Bertz CT molecular complexity index is 1520. The Balaban J connectivity index is 1.57. The molecule has 0 radical (unpaired) electrons. The molecule has 4 aromatic rings. The largest absolute Gasteiger partial charge is 0.456 e. The van der Waals surface area contributed by atoms with Crippen molar-refractivity contribution in [2.24, 2.45) is 0 Å². The standard InChI is InChI=1S/C32H30N2O3/c1-5-33(6-2)34(28-18-15-21(3)19-22(28)4)23-16-17-27-30(20-23)36-29-14-10-9-13-26(29)32(27)25-12-8-7-11-24(25)31(35)37-32/h7-20H,5-6H2,1-4H3. The second-order valence-electron chi connectivity index (χ2n) is 9.64. The highest BCUT2D eigenvalue weighted by atomic mass is 16.6. The molecule has 5 nitrogen and oxygen atoms in total. The van der Waals surface area contributed by atoms with Crippen LogP contribution in [0.4, 0.5) is 11.4 Å². The fourth-order valence-corrected chi connectivity index (χ4v) is 5.75. The lowest BCUT2D eigenvalue weighted by Gasteiger charge is -2.39. The van der Waals surface area contributed by atoms with Crippen molar-refractivity contribution in [3.05, 3.63) is 118 Å². The van der Waals surface area contributed by atoms with Gasteiger partial charge in [0.15, 0.2) is 5.60 Å². The fourth-order valence-electron chi connectivity index (χ4n) is 5.75. The van der Waals surface area contributed by atoms with Crippen LogP contribution in [0.5, 0.6) is 11.5 Å². The summed E-state index contributed by atoms with van der Waals surface area (Å²) in [4.78, 5) is 13.1. The molecular weight excluding hydrogens is 460 g/mol. The van der Waals surface area contributed by atoms with E-state index in [-0.39, 0.29) is 5.97 Å². The van der Waals surface area contributed by atoms with E-state index in [1.165, 1.54) is 11.1 Å². The first-order valence-electron chi connectivity index (χ1n) is 12.8. The molecule has 0 saturated heterocycles. The minimum absolute atomic E-state index is 0.317. The van der Waals surface area contributed by atoms with Gasteiger partial charge in [-0.2, -0.15) is 0 Å². The molecule has 0 saturated carbocycles. The van der Waals surface area contributed by atoms with Crippen molar-refractivity contribution in [3.63, 3.8) is 0 Å². The van der Waals surface area contributed by atoms with Gasteiger partial charge >= 0.3 is 5.97 Å². The number of hydrogen-bond donors (Lipinski definition) is 0. The van der Waals surface area contributed by atoms with Crippen molar-refractivity contribution < 1.29 is 14.3 Å². The summed E-state index contributed by atoms with van der Waals surface area (Å²) >= 11 is 0. The number of carbonyl (C=O) groups is 1. The van der Waals surface area contributed by atoms with E-state index in [9.17, 15) is 4.79 Å². The number of hydrazine groups is 1. The minimum atomic E-state index is -1.05. The topological polar surface area (TPSA) is 42.0 Å². The molecule has 1 unspecified atom stereocenters. The van der Waals surface area contributed by atoms with Gasteiger partial charge in [0.1, 0.15) is 11.5 Å². The lowest BCUT2D eigenvalue weighted by molar-refractivity contribution is 0.0224. The summed E-state index contributed by atoms with van der Waals surface area (Å²) in [6.45, 7) is 10.3. The van der Waals surface area contributed by atoms with Crippen LogP contribution in [-0.2, 0) is 10.3 Å². The summed E-state index contributed by atoms with van der Waals surface area (Å²) in [5.41, 5.74) is 6.60. The van der Waals surface area contributed by atoms with E-state index in [2.05, 4.69) is 74.1 Å². The van der Waals surface area contributed by atoms with E-state index < -0.39 is 5.60 Å². The fraction of sp³-hybridized carbons (Fsp3) is 0.219. The third-order valence-electron chi connectivity index (χ3n) is 7.44. The van der Waals surface area contributed by atoms with Gasteiger partial charge in [-0.25, -0.2) is 9.80 Å². The molecule has 2 heterocycles. The third-order valence-corrected chi connectivity index (χ3v) is 7.44. The highest BCUT2D eigenvalue weighted by Crippen LogP contribution is 2.56. The molecule has 4 aromatic carbocycles. The van der Waals surface area contributed by atoms with Crippen LogP contribution in [0, 0.1) is 13.8 Å². The van der Waals surface area contributed by atoms with Crippen molar-refractivity contribution in [2.45, 2.75) is 33.3 Å². The van der Waals surface area contributed by atoms with Gasteiger partial charge in [0, 0.05) is 35.8 Å². The Morgan fingerprint density at radius 3 is 2.22 bits per heavy atom. The first kappa shape index (κ1) is 23.3. The number of ether oxygens (including phenoxy) is 2. The molecule has 0 amide bonds. The highest BCUT2D eigenvalue weighted by molar-refractivity contribution is 5.97. The van der Waals surface area contributed by atoms with Gasteiger partial charge in [0.2, 0.25) is 0 Å². The van der Waals surface area contributed by atoms with Gasteiger partial charge in [-0.05, 0) is 49.7 Å². The Labute approximate surface area is 217 Å². The first-order valence-corrected chi connectivity index (χ1v) is 12.8. The van der Waals surface area contributed by atoms with E-state index in [0.717, 1.165) is 41.2 Å². The molecule has 1 atom stereocenters. The number of hydrogen-bond acceptors (Lipinski definition) is 5. The van der Waals surface area contributed by atoms with E-state index in [1.807, 2.05) is 48.5 Å². The van der Waals surface area contributed by atoms with Crippen LogP contribution in [0.3, 0.4) is 0 Å². The summed E-state index contributed by atoms with van der Waals surface area (Å²) in [5.74, 6) is 1.06. The summed E-state index contributed by atoms with van der Waals surface area (Å²) < 4.78 is 12.8. The van der Waals surface area contributed by atoms with E-state index in [0.29, 0.717) is 17.1 Å². The predicted molar refractivity (Wildman–Crippen MR) is 146 cm³/mol. The molecule has 186 valence electrons. The molecule has 1 spiro atoms. The van der Waals surface area contributed by atoms with Crippen LogP contribution in [0.15, 0.2) is 84.9 Å². The van der Waals surface area contributed by atoms with Crippen molar-refractivity contribution in [1.82, 2.24) is 5.01 Å². The van der Waals surface area contributed by atoms with Crippen LogP contribution >= 0.6 is 0 Å². The minimum Gasteiger partial charge on any atom is -0.456 e. The lowest BCUT2D eigenvalue weighted by atomic mass is 9.77. The van der Waals surface area contributed by atoms with E-state index >= 15 is 0 Å². The van der Waals surface area contributed by atoms with Crippen LogP contribution in [-0.4, -0.2) is 24.1 Å². The van der Waals surface area contributed by atoms with Crippen molar-refractivity contribution >= 4 is 17.3 Å². The Kier molecular flexibility index (Phi) is 5.54. The molecular formula is C32H30N2O3. The number of aryl methyl sites for hydroxylation is 2.